The molecule has 3 fully saturated rings. The van der Waals surface area contributed by atoms with E-state index in [1.165, 1.54) is 44.9 Å². The van der Waals surface area contributed by atoms with Crippen LogP contribution in [0.15, 0.2) is 11.3 Å². The van der Waals surface area contributed by atoms with Crippen LogP contribution >= 0.6 is 11.6 Å². The van der Waals surface area contributed by atoms with Gasteiger partial charge in [0, 0.05) is 17.4 Å². The average molecular weight is 450 g/mol. The molecule has 31 heavy (non-hydrogen) atoms. The highest BCUT2D eigenvalue weighted by molar-refractivity contribution is 6.20. The highest BCUT2D eigenvalue weighted by atomic mass is 35.5. The van der Waals surface area contributed by atoms with Crippen molar-refractivity contribution in [1.29, 1.82) is 0 Å². The zero-order valence-electron chi connectivity index (χ0n) is 20.5. The van der Waals surface area contributed by atoms with Gasteiger partial charge in [0.25, 0.3) is 0 Å². The maximum absolute atomic E-state index is 12.2. The first-order valence-corrected chi connectivity index (χ1v) is 13.5. The number of hydrogen-bond acceptors (Lipinski definition) is 2. The predicted molar refractivity (Wildman–Crippen MR) is 129 cm³/mol. The Morgan fingerprint density at radius 1 is 1.03 bits per heavy atom. The van der Waals surface area contributed by atoms with E-state index in [-0.39, 0.29) is 15.7 Å². The fourth-order valence-corrected chi connectivity index (χ4v) is 9.20. The molecular weight excluding hydrogens is 406 g/mol. The van der Waals surface area contributed by atoms with Crippen molar-refractivity contribution in [3.63, 3.8) is 0 Å². The van der Waals surface area contributed by atoms with Crippen molar-refractivity contribution in [2.24, 2.45) is 46.3 Å². The normalized spacial score (nSPS) is 43.4. The third-order valence-electron chi connectivity index (χ3n) is 10.5. The van der Waals surface area contributed by atoms with E-state index in [1.54, 1.807) is 0 Å². The van der Waals surface area contributed by atoms with Crippen LogP contribution in [0.4, 0.5) is 0 Å². The Hall–Kier alpha value is -0.570. The molecule has 0 saturated heterocycles. The van der Waals surface area contributed by atoms with Gasteiger partial charge in [-0.25, -0.2) is 0 Å². The van der Waals surface area contributed by atoms with Crippen molar-refractivity contribution in [2.45, 2.75) is 111 Å². The molecule has 0 radical (unpaired) electrons. The molecule has 4 aliphatic rings. The number of nitro groups is 1. The number of halogens is 1. The number of rotatable bonds is 6. The Morgan fingerprint density at radius 2 is 1.77 bits per heavy atom. The van der Waals surface area contributed by atoms with Crippen LogP contribution in [0, 0.1) is 56.5 Å². The molecule has 0 N–H and O–H groups in total. The van der Waals surface area contributed by atoms with Gasteiger partial charge in [0.1, 0.15) is 0 Å². The van der Waals surface area contributed by atoms with Crippen molar-refractivity contribution >= 4 is 11.6 Å². The van der Waals surface area contributed by atoms with E-state index in [9.17, 15) is 10.1 Å². The molecule has 0 unspecified atom stereocenters. The highest BCUT2D eigenvalue weighted by Gasteiger charge is 2.61. The van der Waals surface area contributed by atoms with Gasteiger partial charge in [0.15, 0.2) is 0 Å². The molecule has 0 heterocycles. The fourth-order valence-electron chi connectivity index (χ4n) is 8.94. The summed E-state index contributed by atoms with van der Waals surface area (Å²) in [5.74, 6) is 4.13. The van der Waals surface area contributed by atoms with Gasteiger partial charge in [-0.15, -0.1) is 11.6 Å². The van der Waals surface area contributed by atoms with E-state index in [0.29, 0.717) is 35.3 Å². The monoisotopic (exact) mass is 449 g/mol. The summed E-state index contributed by atoms with van der Waals surface area (Å²) in [6.45, 7) is 12.1. The van der Waals surface area contributed by atoms with Gasteiger partial charge in [0.05, 0.1) is 4.92 Å². The maximum Gasteiger partial charge on any atom is 0.246 e. The second kappa shape index (κ2) is 8.65. The minimum atomic E-state index is -0.0361. The van der Waals surface area contributed by atoms with Gasteiger partial charge in [0.2, 0.25) is 5.70 Å². The molecule has 0 spiro atoms. The summed E-state index contributed by atoms with van der Waals surface area (Å²) < 4.78 is 0. The average Bonchev–Trinajstić information content (AvgIpc) is 3.05. The lowest BCUT2D eigenvalue weighted by atomic mass is 9.46. The minimum absolute atomic E-state index is 0.000985. The van der Waals surface area contributed by atoms with Crippen molar-refractivity contribution in [3.05, 3.63) is 21.4 Å². The van der Waals surface area contributed by atoms with Crippen LogP contribution in [-0.2, 0) is 0 Å². The van der Waals surface area contributed by atoms with Crippen molar-refractivity contribution in [3.8, 4) is 0 Å². The summed E-state index contributed by atoms with van der Waals surface area (Å²) in [5.41, 5.74) is 2.04. The van der Waals surface area contributed by atoms with Crippen LogP contribution < -0.4 is 0 Å². The topological polar surface area (TPSA) is 43.1 Å². The van der Waals surface area contributed by atoms with E-state index < -0.39 is 0 Å². The lowest BCUT2D eigenvalue weighted by Crippen LogP contribution is -2.52. The minimum Gasteiger partial charge on any atom is -0.259 e. The van der Waals surface area contributed by atoms with Gasteiger partial charge < -0.3 is 0 Å². The molecule has 0 aromatic heterocycles. The molecule has 0 aliphatic heterocycles. The Morgan fingerprint density at radius 3 is 2.45 bits per heavy atom. The molecule has 0 aromatic rings. The summed E-state index contributed by atoms with van der Waals surface area (Å²) >= 11 is 6.51. The molecule has 0 amide bonds. The maximum atomic E-state index is 12.2. The first-order chi connectivity index (χ1) is 14.6. The summed E-state index contributed by atoms with van der Waals surface area (Å²) in [7, 11) is 0. The van der Waals surface area contributed by atoms with Crippen LogP contribution in [0.3, 0.4) is 0 Å². The van der Waals surface area contributed by atoms with E-state index in [0.717, 1.165) is 42.6 Å². The van der Waals surface area contributed by atoms with Crippen LogP contribution in [0.2, 0.25) is 0 Å². The molecule has 0 bridgehead atoms. The van der Waals surface area contributed by atoms with Gasteiger partial charge in [-0.1, -0.05) is 53.9 Å². The second-order valence-corrected chi connectivity index (χ2v) is 13.2. The molecule has 176 valence electrons. The van der Waals surface area contributed by atoms with Crippen LogP contribution in [0.5, 0.6) is 0 Å². The van der Waals surface area contributed by atoms with Gasteiger partial charge in [-0.05, 0) is 91.3 Å². The van der Waals surface area contributed by atoms with E-state index in [1.807, 2.05) is 0 Å². The molecule has 8 atom stereocenters. The number of hydrogen-bond donors (Lipinski definition) is 0. The molecular formula is C27H44ClNO2. The third kappa shape index (κ3) is 4.00. The molecule has 4 aliphatic carbocycles. The van der Waals surface area contributed by atoms with E-state index >= 15 is 0 Å². The zero-order valence-corrected chi connectivity index (χ0v) is 21.2. The smallest absolute Gasteiger partial charge is 0.246 e. The third-order valence-corrected chi connectivity index (χ3v) is 10.9. The van der Waals surface area contributed by atoms with Gasteiger partial charge >= 0.3 is 0 Å². The van der Waals surface area contributed by atoms with Gasteiger partial charge in [-0.2, -0.15) is 0 Å². The second-order valence-electron chi connectivity index (χ2n) is 12.6. The first-order valence-electron chi connectivity index (χ1n) is 13.1. The molecule has 3 nitrogen and oxygen atoms in total. The van der Waals surface area contributed by atoms with Crippen LogP contribution in [0.1, 0.15) is 105 Å². The first kappa shape index (κ1) is 23.6. The molecule has 4 rings (SSSR count). The summed E-state index contributed by atoms with van der Waals surface area (Å²) in [4.78, 5) is 12.1. The Labute approximate surface area is 194 Å². The van der Waals surface area contributed by atoms with Crippen molar-refractivity contribution in [1.82, 2.24) is 0 Å². The van der Waals surface area contributed by atoms with Crippen molar-refractivity contribution in [2.75, 3.05) is 0 Å². The van der Waals surface area contributed by atoms with E-state index in [2.05, 4.69) is 34.6 Å². The Kier molecular flexibility index (Phi) is 6.58. The van der Waals surface area contributed by atoms with Gasteiger partial charge in [-0.3, -0.25) is 10.1 Å². The SMILES string of the molecule is CC(C)CCC[C@@H](C)[C@@H]1CC[C@H]2[C@H]3CC([N+](=O)[O-])=C4C[C@@H](Cl)CC[C@]4(C)[C@@H]3CC[C@@]21C. The molecule has 3 saturated carbocycles. The van der Waals surface area contributed by atoms with Crippen molar-refractivity contribution < 1.29 is 4.92 Å². The number of allylic oxidation sites excluding steroid dienone is 2. The largest absolute Gasteiger partial charge is 0.259 e. The summed E-state index contributed by atoms with van der Waals surface area (Å²) in [6.07, 6.45) is 12.7. The number of fused-ring (bicyclic) bond motifs is 5. The van der Waals surface area contributed by atoms with E-state index in [4.69, 9.17) is 11.6 Å². The fraction of sp³-hybridized carbons (Fsp3) is 0.926. The van der Waals surface area contributed by atoms with Crippen LogP contribution in [0.25, 0.3) is 0 Å². The Balaban J connectivity index is 1.59. The predicted octanol–water partition coefficient (Wildman–Crippen LogP) is 8.24. The zero-order chi connectivity index (χ0) is 22.6. The lowest BCUT2D eigenvalue weighted by molar-refractivity contribution is -0.434. The molecule has 0 aromatic carbocycles. The quantitative estimate of drug-likeness (QED) is 0.232. The summed E-state index contributed by atoms with van der Waals surface area (Å²) in [5, 5.41) is 12.2. The number of alkyl halides is 1. The summed E-state index contributed by atoms with van der Waals surface area (Å²) in [6, 6.07) is 0. The number of nitrogens with zero attached hydrogens (tertiary/aromatic N) is 1. The standard InChI is InChI=1S/C27H44ClNO2/c1-17(2)7-6-8-18(3)21-9-10-22-20-16-25(29(30)31)24-15-19(28)11-13-27(24,5)23(20)12-14-26(21,22)4/h17-23H,6-16H2,1-5H3/t18-,19+,20-,21+,22+,23-,26-,27-/m1/s1. The Bertz CT molecular complexity index is 733. The van der Waals surface area contributed by atoms with Crippen LogP contribution in [-0.4, -0.2) is 10.3 Å². The molecule has 4 heteroatoms. The lowest BCUT2D eigenvalue weighted by Gasteiger charge is -2.58. The highest BCUT2D eigenvalue weighted by Crippen LogP contribution is 2.68.